The Morgan fingerprint density at radius 1 is 1.50 bits per heavy atom. The third-order valence-electron chi connectivity index (χ3n) is 1.24. The van der Waals surface area contributed by atoms with Crippen LogP contribution >= 0.6 is 12.4 Å². The second-order valence-electron chi connectivity index (χ2n) is 2.12. The summed E-state index contributed by atoms with van der Waals surface area (Å²) in [4.78, 5) is 20.8. The number of carbonyl (C=O) groups is 2. The largest absolute Gasteiger partial charge is 0.480 e. The molecule has 0 aromatic heterocycles. The molecule has 0 heterocycles. The molecule has 0 aliphatic carbocycles. The zero-order valence-electron chi connectivity index (χ0n) is 6.96. The van der Waals surface area contributed by atoms with Gasteiger partial charge in [0.25, 0.3) is 0 Å². The van der Waals surface area contributed by atoms with Gasteiger partial charge in [-0.3, -0.25) is 9.59 Å². The number of amides is 1. The molecule has 1 atom stereocenters. The van der Waals surface area contributed by atoms with Gasteiger partial charge in [-0.25, -0.2) is 0 Å². The number of carbonyl (C=O) groups excluding carboxylic acids is 1. The molecule has 0 aliphatic heterocycles. The van der Waals surface area contributed by atoms with Crippen molar-refractivity contribution in [3.8, 4) is 0 Å². The molecule has 0 bridgehead atoms. The van der Waals surface area contributed by atoms with Gasteiger partial charge >= 0.3 is 5.97 Å². The van der Waals surface area contributed by atoms with Gasteiger partial charge in [-0.15, -0.1) is 12.4 Å². The average Bonchev–Trinajstić information content (AvgIpc) is 1.98. The van der Waals surface area contributed by atoms with E-state index in [0.717, 1.165) is 0 Å². The summed E-state index contributed by atoms with van der Waals surface area (Å²) in [6.07, 6.45) is 0. The predicted molar refractivity (Wildman–Crippen MR) is 46.4 cm³/mol. The Bertz CT molecular complexity index is 163. The number of halogens is 1. The molecule has 72 valence electrons. The van der Waals surface area contributed by atoms with Crippen LogP contribution in [0.1, 0.15) is 6.92 Å². The Hall–Kier alpha value is -0.810. The van der Waals surface area contributed by atoms with Gasteiger partial charge in [0.1, 0.15) is 6.54 Å². The van der Waals surface area contributed by atoms with Gasteiger partial charge in [-0.05, 0) is 14.0 Å². The molecular weight excluding hydrogens is 184 g/mol. The summed E-state index contributed by atoms with van der Waals surface area (Å²) in [5.74, 6) is -1.35. The standard InChI is InChI=1S/C6H12N2O3.ClH/c1-4(7-2)6(11)8-3-5(9)10;/h4,7H,3H2,1-2H3,(H,8,11)(H,9,10);1H/t4-;/m1./s1. The van der Waals surface area contributed by atoms with Crippen molar-refractivity contribution in [1.82, 2.24) is 10.6 Å². The van der Waals surface area contributed by atoms with Crippen LogP contribution in [0.5, 0.6) is 0 Å². The molecule has 0 aromatic carbocycles. The van der Waals surface area contributed by atoms with Gasteiger partial charge in [0.2, 0.25) is 5.91 Å². The maximum atomic E-state index is 10.8. The molecule has 0 aromatic rings. The Labute approximate surface area is 76.9 Å². The summed E-state index contributed by atoms with van der Waals surface area (Å²) >= 11 is 0. The average molecular weight is 197 g/mol. The number of aliphatic carboxylic acids is 1. The monoisotopic (exact) mass is 196 g/mol. The number of carboxylic acid groups (broad SMARTS) is 1. The summed E-state index contributed by atoms with van der Waals surface area (Å²) in [6.45, 7) is 1.32. The Morgan fingerprint density at radius 3 is 2.33 bits per heavy atom. The Morgan fingerprint density at radius 2 is 2.00 bits per heavy atom. The highest BCUT2D eigenvalue weighted by Crippen LogP contribution is 1.77. The smallest absolute Gasteiger partial charge is 0.322 e. The van der Waals surface area contributed by atoms with Crippen molar-refractivity contribution < 1.29 is 14.7 Å². The van der Waals surface area contributed by atoms with Crippen molar-refractivity contribution in [2.75, 3.05) is 13.6 Å². The van der Waals surface area contributed by atoms with E-state index in [1.165, 1.54) is 0 Å². The third-order valence-corrected chi connectivity index (χ3v) is 1.24. The maximum absolute atomic E-state index is 10.8. The third kappa shape index (κ3) is 5.94. The van der Waals surface area contributed by atoms with E-state index >= 15 is 0 Å². The minimum Gasteiger partial charge on any atom is -0.480 e. The first-order valence-corrected chi connectivity index (χ1v) is 3.24. The second kappa shape index (κ2) is 6.87. The molecule has 12 heavy (non-hydrogen) atoms. The number of hydrogen-bond donors (Lipinski definition) is 3. The Balaban J connectivity index is 0. The van der Waals surface area contributed by atoms with Crippen LogP contribution in [0.15, 0.2) is 0 Å². The molecule has 0 spiro atoms. The van der Waals surface area contributed by atoms with Crippen molar-refractivity contribution in [3.63, 3.8) is 0 Å². The highest BCUT2D eigenvalue weighted by Gasteiger charge is 2.09. The van der Waals surface area contributed by atoms with E-state index in [-0.39, 0.29) is 30.9 Å². The van der Waals surface area contributed by atoms with Gasteiger partial charge in [0, 0.05) is 0 Å². The van der Waals surface area contributed by atoms with Gasteiger partial charge in [-0.1, -0.05) is 0 Å². The molecule has 0 saturated carbocycles. The molecule has 0 radical (unpaired) electrons. The van der Waals surface area contributed by atoms with E-state index in [2.05, 4.69) is 10.6 Å². The molecule has 5 nitrogen and oxygen atoms in total. The van der Waals surface area contributed by atoms with Crippen molar-refractivity contribution in [3.05, 3.63) is 0 Å². The van der Waals surface area contributed by atoms with Crippen LogP contribution in [-0.4, -0.2) is 36.6 Å². The number of hydrogen-bond acceptors (Lipinski definition) is 3. The highest BCUT2D eigenvalue weighted by atomic mass is 35.5. The van der Waals surface area contributed by atoms with Crippen LogP contribution in [0.2, 0.25) is 0 Å². The lowest BCUT2D eigenvalue weighted by atomic mass is 10.3. The van der Waals surface area contributed by atoms with Crippen LogP contribution in [0, 0.1) is 0 Å². The molecule has 0 aliphatic rings. The zero-order valence-corrected chi connectivity index (χ0v) is 7.77. The fraction of sp³-hybridized carbons (Fsp3) is 0.667. The maximum Gasteiger partial charge on any atom is 0.322 e. The van der Waals surface area contributed by atoms with Crippen molar-refractivity contribution in [1.29, 1.82) is 0 Å². The molecule has 3 N–H and O–H groups in total. The van der Waals surface area contributed by atoms with E-state index in [1.54, 1.807) is 14.0 Å². The zero-order chi connectivity index (χ0) is 8.85. The highest BCUT2D eigenvalue weighted by molar-refractivity contribution is 5.85. The predicted octanol–water partition coefficient (Wildman–Crippen LogP) is -0.783. The topological polar surface area (TPSA) is 78.4 Å². The van der Waals surface area contributed by atoms with Crippen molar-refractivity contribution in [2.45, 2.75) is 13.0 Å². The van der Waals surface area contributed by atoms with E-state index in [9.17, 15) is 9.59 Å². The SMILES string of the molecule is CN[C@H](C)C(=O)NCC(=O)O.Cl. The van der Waals surface area contributed by atoms with Crippen LogP contribution in [-0.2, 0) is 9.59 Å². The molecule has 6 heteroatoms. The van der Waals surface area contributed by atoms with Crippen LogP contribution in [0.4, 0.5) is 0 Å². The van der Waals surface area contributed by atoms with Gasteiger partial charge in [0.15, 0.2) is 0 Å². The quantitative estimate of drug-likeness (QED) is 0.551. The van der Waals surface area contributed by atoms with Crippen LogP contribution in [0.25, 0.3) is 0 Å². The molecule has 0 fully saturated rings. The number of nitrogens with one attached hydrogen (secondary N) is 2. The summed E-state index contributed by atoms with van der Waals surface area (Å²) < 4.78 is 0. The van der Waals surface area contributed by atoms with Gasteiger partial charge in [0.05, 0.1) is 6.04 Å². The van der Waals surface area contributed by atoms with Gasteiger partial charge < -0.3 is 15.7 Å². The summed E-state index contributed by atoms with van der Waals surface area (Å²) in [6, 6.07) is -0.352. The Kier molecular flexibility index (Phi) is 7.88. The van der Waals surface area contributed by atoms with E-state index < -0.39 is 5.97 Å². The lowest BCUT2D eigenvalue weighted by Crippen LogP contribution is -2.42. The second-order valence-corrected chi connectivity index (χ2v) is 2.12. The lowest BCUT2D eigenvalue weighted by Gasteiger charge is -2.08. The first-order chi connectivity index (χ1) is 5.07. The van der Waals surface area contributed by atoms with Crippen molar-refractivity contribution >= 4 is 24.3 Å². The first kappa shape index (κ1) is 13.8. The molecule has 0 saturated heterocycles. The molecule has 1 amide bonds. The summed E-state index contributed by atoms with van der Waals surface area (Å²) in [5, 5.41) is 13.1. The van der Waals surface area contributed by atoms with E-state index in [0.29, 0.717) is 0 Å². The summed E-state index contributed by atoms with van der Waals surface area (Å²) in [7, 11) is 1.63. The van der Waals surface area contributed by atoms with Crippen LogP contribution in [0.3, 0.4) is 0 Å². The van der Waals surface area contributed by atoms with Gasteiger partial charge in [-0.2, -0.15) is 0 Å². The number of likely N-dealkylation sites (N-methyl/N-ethyl adjacent to an activating group) is 1. The molecular formula is C6H13ClN2O3. The fourth-order valence-corrected chi connectivity index (χ4v) is 0.447. The molecule has 0 rings (SSSR count). The van der Waals surface area contributed by atoms with E-state index in [4.69, 9.17) is 5.11 Å². The lowest BCUT2D eigenvalue weighted by molar-refractivity contribution is -0.138. The number of carboxylic acids is 1. The molecule has 0 unspecified atom stereocenters. The minimum absolute atomic E-state index is 0. The summed E-state index contributed by atoms with van der Waals surface area (Å²) in [5.41, 5.74) is 0. The normalized spacial score (nSPS) is 11.2. The number of rotatable bonds is 4. The first-order valence-electron chi connectivity index (χ1n) is 3.24. The van der Waals surface area contributed by atoms with E-state index in [1.807, 2.05) is 0 Å². The van der Waals surface area contributed by atoms with Crippen molar-refractivity contribution in [2.24, 2.45) is 0 Å². The fourth-order valence-electron chi connectivity index (χ4n) is 0.447. The minimum atomic E-state index is -1.04. The van der Waals surface area contributed by atoms with Crippen LogP contribution < -0.4 is 10.6 Å².